The monoisotopic (exact) mass is 429 g/mol. The number of hydrogen-bond acceptors (Lipinski definition) is 6. The number of carbonyl (C=O) groups is 2. The van der Waals surface area contributed by atoms with Gasteiger partial charge in [0.15, 0.2) is 11.5 Å². The Hall–Kier alpha value is -2.16. The average Bonchev–Trinajstić information content (AvgIpc) is 3.17. The van der Waals surface area contributed by atoms with Crippen LogP contribution in [0.1, 0.15) is 36.2 Å². The number of rotatable bonds is 6. The molecule has 1 atom stereocenters. The zero-order valence-electron chi connectivity index (χ0n) is 15.4. The number of aromatic nitrogens is 2. The molecule has 28 heavy (non-hydrogen) atoms. The topological polar surface area (TPSA) is 114 Å². The third-order valence-corrected chi connectivity index (χ3v) is 4.49. The number of halogens is 2. The normalized spacial score (nSPS) is 15.9. The molecule has 2 aromatic rings. The van der Waals surface area contributed by atoms with Crippen molar-refractivity contribution in [3.8, 4) is 11.3 Å². The van der Waals surface area contributed by atoms with Crippen LogP contribution < -0.4 is 11.1 Å². The predicted molar refractivity (Wildman–Crippen MR) is 110 cm³/mol. The van der Waals surface area contributed by atoms with Crippen molar-refractivity contribution in [2.24, 2.45) is 5.73 Å². The lowest BCUT2D eigenvalue weighted by molar-refractivity contribution is -0.121. The quantitative estimate of drug-likeness (QED) is 0.725. The van der Waals surface area contributed by atoms with Gasteiger partial charge in [-0.05, 0) is 31.4 Å². The maximum Gasteiger partial charge on any atom is 0.276 e. The summed E-state index contributed by atoms with van der Waals surface area (Å²) in [6.07, 6.45) is 6.42. The Morgan fingerprint density at radius 3 is 2.71 bits per heavy atom. The Morgan fingerprint density at radius 2 is 2.00 bits per heavy atom. The summed E-state index contributed by atoms with van der Waals surface area (Å²) in [7, 11) is 0. The largest absolute Gasteiger partial charge is 0.355 e. The molecule has 8 nitrogen and oxygen atoms in total. The van der Waals surface area contributed by atoms with E-state index in [1.807, 2.05) is 0 Å². The molecular formula is C18H25Cl2N5O3. The second-order valence-electron chi connectivity index (χ2n) is 6.30. The van der Waals surface area contributed by atoms with Crippen LogP contribution in [-0.2, 0) is 4.79 Å². The molecule has 2 amide bonds. The van der Waals surface area contributed by atoms with Gasteiger partial charge in [0.1, 0.15) is 0 Å². The number of piperidine rings is 1. The van der Waals surface area contributed by atoms with Crippen molar-refractivity contribution in [3.05, 3.63) is 36.3 Å². The van der Waals surface area contributed by atoms with E-state index in [-0.39, 0.29) is 48.4 Å². The highest BCUT2D eigenvalue weighted by Crippen LogP contribution is 2.23. The minimum Gasteiger partial charge on any atom is -0.355 e. The number of pyridine rings is 1. The van der Waals surface area contributed by atoms with Crippen molar-refractivity contribution in [1.29, 1.82) is 0 Å². The molecule has 10 heteroatoms. The number of nitrogens with zero attached hydrogens (tertiary/aromatic N) is 3. The first-order valence-corrected chi connectivity index (χ1v) is 8.84. The predicted octanol–water partition coefficient (Wildman–Crippen LogP) is 2.04. The molecule has 0 radical (unpaired) electrons. The summed E-state index contributed by atoms with van der Waals surface area (Å²) in [6, 6.07) is 5.20. The SMILES string of the molecule is Cl.Cl.NCCC(=O)NCC1CCCCN1C(=O)c1cc(-c2ccncc2)on1. The molecule has 0 saturated carbocycles. The summed E-state index contributed by atoms with van der Waals surface area (Å²) in [4.78, 5) is 30.3. The number of likely N-dealkylation sites (tertiary alicyclic amines) is 1. The fourth-order valence-electron chi connectivity index (χ4n) is 3.11. The van der Waals surface area contributed by atoms with Crippen LogP contribution >= 0.6 is 24.8 Å². The minimum absolute atomic E-state index is 0. The van der Waals surface area contributed by atoms with E-state index in [2.05, 4.69) is 15.5 Å². The van der Waals surface area contributed by atoms with Crippen LogP contribution in [0.5, 0.6) is 0 Å². The highest BCUT2D eigenvalue weighted by atomic mass is 35.5. The third-order valence-electron chi connectivity index (χ3n) is 4.49. The molecule has 1 saturated heterocycles. The van der Waals surface area contributed by atoms with E-state index in [4.69, 9.17) is 10.3 Å². The first kappa shape index (κ1) is 23.9. The summed E-state index contributed by atoms with van der Waals surface area (Å²) in [5.41, 5.74) is 6.48. The van der Waals surface area contributed by atoms with Crippen molar-refractivity contribution >= 4 is 36.6 Å². The summed E-state index contributed by atoms with van der Waals surface area (Å²) < 4.78 is 5.32. The van der Waals surface area contributed by atoms with Gasteiger partial charge in [-0.3, -0.25) is 14.6 Å². The highest BCUT2D eigenvalue weighted by Gasteiger charge is 2.29. The number of carbonyl (C=O) groups excluding carboxylic acids is 2. The van der Waals surface area contributed by atoms with Crippen molar-refractivity contribution in [1.82, 2.24) is 20.4 Å². The fourth-order valence-corrected chi connectivity index (χ4v) is 3.11. The summed E-state index contributed by atoms with van der Waals surface area (Å²) >= 11 is 0. The van der Waals surface area contributed by atoms with Crippen molar-refractivity contribution in [2.75, 3.05) is 19.6 Å². The van der Waals surface area contributed by atoms with Gasteiger partial charge in [-0.1, -0.05) is 5.16 Å². The van der Waals surface area contributed by atoms with Gasteiger partial charge in [0.25, 0.3) is 5.91 Å². The van der Waals surface area contributed by atoms with E-state index in [1.165, 1.54) is 0 Å². The summed E-state index contributed by atoms with van der Waals surface area (Å²) in [6.45, 7) is 1.39. The molecule has 1 unspecified atom stereocenters. The van der Waals surface area contributed by atoms with Gasteiger partial charge in [0.05, 0.1) is 0 Å². The highest BCUT2D eigenvalue weighted by molar-refractivity contribution is 5.93. The van der Waals surface area contributed by atoms with Crippen LogP contribution in [-0.4, -0.2) is 52.5 Å². The molecule has 3 N–H and O–H groups in total. The van der Waals surface area contributed by atoms with Gasteiger partial charge in [-0.15, -0.1) is 24.8 Å². The van der Waals surface area contributed by atoms with Crippen molar-refractivity contribution in [2.45, 2.75) is 31.7 Å². The second-order valence-corrected chi connectivity index (χ2v) is 6.30. The molecule has 154 valence electrons. The van der Waals surface area contributed by atoms with E-state index >= 15 is 0 Å². The standard InChI is InChI=1S/C18H23N5O3.2ClH/c19-7-4-17(24)21-12-14-3-1-2-10-23(14)18(25)15-11-16(26-22-15)13-5-8-20-9-6-13;;/h5-6,8-9,11,14H,1-4,7,10,12,19H2,(H,21,24);2*1H. The smallest absolute Gasteiger partial charge is 0.276 e. The maximum absolute atomic E-state index is 12.9. The Morgan fingerprint density at radius 1 is 1.25 bits per heavy atom. The van der Waals surface area contributed by atoms with E-state index in [9.17, 15) is 9.59 Å². The van der Waals surface area contributed by atoms with Gasteiger partial charge < -0.3 is 20.5 Å². The van der Waals surface area contributed by atoms with E-state index < -0.39 is 0 Å². The lowest BCUT2D eigenvalue weighted by Gasteiger charge is -2.35. The Balaban J connectivity index is 0.00000196. The summed E-state index contributed by atoms with van der Waals surface area (Å²) in [5.74, 6) is 0.263. The van der Waals surface area contributed by atoms with Crippen molar-refractivity contribution < 1.29 is 14.1 Å². The number of amides is 2. The first-order chi connectivity index (χ1) is 12.7. The van der Waals surface area contributed by atoms with Crippen LogP contribution in [0.25, 0.3) is 11.3 Å². The van der Waals surface area contributed by atoms with Gasteiger partial charge in [0, 0.05) is 56.1 Å². The van der Waals surface area contributed by atoms with E-state index in [0.717, 1.165) is 24.8 Å². The van der Waals surface area contributed by atoms with Crippen LogP contribution in [0.2, 0.25) is 0 Å². The van der Waals surface area contributed by atoms with E-state index in [1.54, 1.807) is 35.5 Å². The lowest BCUT2D eigenvalue weighted by Crippen LogP contribution is -2.49. The van der Waals surface area contributed by atoms with Crippen LogP contribution in [0, 0.1) is 0 Å². The molecular weight excluding hydrogens is 405 g/mol. The molecule has 0 aromatic carbocycles. The lowest BCUT2D eigenvalue weighted by atomic mass is 10.0. The molecule has 1 aliphatic rings. The van der Waals surface area contributed by atoms with Crippen LogP contribution in [0.15, 0.2) is 35.1 Å². The number of nitrogens with two attached hydrogens (primary N) is 1. The molecule has 3 rings (SSSR count). The second kappa shape index (κ2) is 11.6. The average molecular weight is 430 g/mol. The van der Waals surface area contributed by atoms with Crippen molar-refractivity contribution in [3.63, 3.8) is 0 Å². The maximum atomic E-state index is 12.9. The van der Waals surface area contributed by atoms with E-state index in [0.29, 0.717) is 31.8 Å². The Kier molecular flexibility index (Phi) is 9.92. The van der Waals surface area contributed by atoms with Gasteiger partial charge >= 0.3 is 0 Å². The van der Waals surface area contributed by atoms with Crippen LogP contribution in [0.3, 0.4) is 0 Å². The third kappa shape index (κ3) is 5.92. The zero-order chi connectivity index (χ0) is 18.4. The molecule has 0 aliphatic carbocycles. The molecule has 3 heterocycles. The van der Waals surface area contributed by atoms with Gasteiger partial charge in [-0.25, -0.2) is 0 Å². The molecule has 0 spiro atoms. The van der Waals surface area contributed by atoms with Gasteiger partial charge in [0.2, 0.25) is 5.91 Å². The first-order valence-electron chi connectivity index (χ1n) is 8.84. The number of hydrogen-bond donors (Lipinski definition) is 2. The molecule has 1 fully saturated rings. The summed E-state index contributed by atoms with van der Waals surface area (Å²) in [5, 5.41) is 6.79. The molecule has 1 aliphatic heterocycles. The number of nitrogens with one attached hydrogen (secondary N) is 1. The Labute approximate surface area is 176 Å². The zero-order valence-corrected chi connectivity index (χ0v) is 17.0. The molecule has 0 bridgehead atoms. The van der Waals surface area contributed by atoms with Gasteiger partial charge in [-0.2, -0.15) is 0 Å². The van der Waals surface area contributed by atoms with Crippen LogP contribution in [0.4, 0.5) is 0 Å². The fraction of sp³-hybridized carbons (Fsp3) is 0.444. The minimum atomic E-state index is -0.174. The Bertz CT molecular complexity index is 757. The molecule has 2 aromatic heterocycles.